The Balaban J connectivity index is 1.43. The van der Waals surface area contributed by atoms with Gasteiger partial charge in [0.05, 0.1) is 12.7 Å². The Hall–Kier alpha value is -1.92. The summed E-state index contributed by atoms with van der Waals surface area (Å²) in [5.41, 5.74) is -0.0805. The van der Waals surface area contributed by atoms with Gasteiger partial charge in [0, 0.05) is 12.5 Å². The van der Waals surface area contributed by atoms with Crippen molar-refractivity contribution in [2.75, 3.05) is 6.54 Å². The largest absolute Gasteiger partial charge is 0.476 e. The van der Waals surface area contributed by atoms with Gasteiger partial charge < -0.3 is 10.4 Å². The Morgan fingerprint density at radius 1 is 1.42 bits per heavy atom. The first-order valence-electron chi connectivity index (χ1n) is 6.58. The lowest BCUT2D eigenvalue weighted by Gasteiger charge is -2.06. The molecule has 3 rings (SSSR count). The van der Waals surface area contributed by atoms with Crippen molar-refractivity contribution in [1.29, 1.82) is 0 Å². The molecule has 1 heterocycles. The van der Waals surface area contributed by atoms with Crippen LogP contribution in [0.1, 0.15) is 29.8 Å². The van der Waals surface area contributed by atoms with Crippen molar-refractivity contribution >= 4 is 11.9 Å². The fourth-order valence-electron chi connectivity index (χ4n) is 3.13. The van der Waals surface area contributed by atoms with E-state index < -0.39 is 5.97 Å². The maximum atomic E-state index is 11.9. The van der Waals surface area contributed by atoms with Crippen molar-refractivity contribution in [3.8, 4) is 0 Å². The molecule has 2 fully saturated rings. The number of nitrogens with zero attached hydrogens (tertiary/aromatic N) is 3. The van der Waals surface area contributed by atoms with E-state index in [1.165, 1.54) is 30.1 Å². The number of amides is 1. The van der Waals surface area contributed by atoms with Gasteiger partial charge in [0.25, 0.3) is 0 Å². The number of rotatable bonds is 5. The molecule has 2 saturated carbocycles. The van der Waals surface area contributed by atoms with Crippen LogP contribution in [-0.4, -0.2) is 38.5 Å². The first-order valence-corrected chi connectivity index (χ1v) is 6.58. The summed E-state index contributed by atoms with van der Waals surface area (Å²) in [7, 11) is 0. The van der Waals surface area contributed by atoms with Crippen LogP contribution >= 0.6 is 0 Å². The zero-order chi connectivity index (χ0) is 13.4. The number of fused-ring (bicyclic) bond motifs is 1. The SMILES string of the molecule is O=C(O)c1cn(CCNC(=O)C2C3CCCC32)nn1. The molecule has 102 valence electrons. The zero-order valence-electron chi connectivity index (χ0n) is 10.5. The second-order valence-electron chi connectivity index (χ2n) is 5.25. The van der Waals surface area contributed by atoms with Crippen molar-refractivity contribution in [2.24, 2.45) is 17.8 Å². The van der Waals surface area contributed by atoms with Crippen LogP contribution in [0.15, 0.2) is 6.20 Å². The summed E-state index contributed by atoms with van der Waals surface area (Å²) in [6.07, 6.45) is 5.00. The van der Waals surface area contributed by atoms with Crippen LogP contribution in [0.4, 0.5) is 0 Å². The van der Waals surface area contributed by atoms with E-state index in [0.717, 1.165) is 0 Å². The third-order valence-electron chi connectivity index (χ3n) is 4.11. The number of aromatic nitrogens is 3. The van der Waals surface area contributed by atoms with E-state index in [2.05, 4.69) is 15.6 Å². The molecule has 0 aromatic carbocycles. The molecule has 2 aliphatic rings. The van der Waals surface area contributed by atoms with Gasteiger partial charge in [0.2, 0.25) is 5.91 Å². The van der Waals surface area contributed by atoms with Crippen molar-refractivity contribution in [3.05, 3.63) is 11.9 Å². The molecule has 1 aromatic heterocycles. The molecule has 1 amide bonds. The standard InChI is InChI=1S/C12H16N4O3/c17-11(10-7-2-1-3-8(7)10)13-4-5-16-6-9(12(18)19)14-15-16/h6-8,10H,1-5H2,(H,13,17)(H,18,19). The summed E-state index contributed by atoms with van der Waals surface area (Å²) < 4.78 is 1.43. The van der Waals surface area contributed by atoms with Crippen LogP contribution in [0.3, 0.4) is 0 Å². The second kappa shape index (κ2) is 4.64. The molecule has 2 atom stereocenters. The number of carbonyl (C=O) groups excluding carboxylic acids is 1. The van der Waals surface area contributed by atoms with E-state index >= 15 is 0 Å². The fraction of sp³-hybridized carbons (Fsp3) is 0.667. The highest BCUT2D eigenvalue weighted by atomic mass is 16.4. The number of carboxylic acids is 1. The van der Waals surface area contributed by atoms with Crippen LogP contribution < -0.4 is 5.32 Å². The van der Waals surface area contributed by atoms with Crippen LogP contribution in [0.25, 0.3) is 0 Å². The molecule has 7 nitrogen and oxygen atoms in total. The minimum atomic E-state index is -1.10. The molecule has 19 heavy (non-hydrogen) atoms. The van der Waals surface area contributed by atoms with Crippen molar-refractivity contribution in [1.82, 2.24) is 20.3 Å². The van der Waals surface area contributed by atoms with Crippen molar-refractivity contribution in [3.63, 3.8) is 0 Å². The summed E-state index contributed by atoms with van der Waals surface area (Å²) in [6, 6.07) is 0. The lowest BCUT2D eigenvalue weighted by molar-refractivity contribution is -0.123. The molecule has 2 aliphatic carbocycles. The van der Waals surface area contributed by atoms with Gasteiger partial charge in [-0.15, -0.1) is 5.10 Å². The summed E-state index contributed by atoms with van der Waals surface area (Å²) in [5, 5.41) is 18.8. The van der Waals surface area contributed by atoms with E-state index in [0.29, 0.717) is 24.9 Å². The zero-order valence-corrected chi connectivity index (χ0v) is 10.5. The Labute approximate surface area is 110 Å². The number of hydrogen-bond donors (Lipinski definition) is 2. The maximum absolute atomic E-state index is 11.9. The number of aromatic carboxylic acids is 1. The van der Waals surface area contributed by atoms with E-state index in [-0.39, 0.29) is 17.5 Å². The van der Waals surface area contributed by atoms with Crippen molar-refractivity contribution < 1.29 is 14.7 Å². The smallest absolute Gasteiger partial charge is 0.358 e. The minimum absolute atomic E-state index is 0.0805. The number of hydrogen-bond acceptors (Lipinski definition) is 4. The molecule has 2 N–H and O–H groups in total. The van der Waals surface area contributed by atoms with Gasteiger partial charge >= 0.3 is 5.97 Å². The average Bonchev–Trinajstić information content (AvgIpc) is 2.80. The van der Waals surface area contributed by atoms with Crippen LogP contribution in [-0.2, 0) is 11.3 Å². The summed E-state index contributed by atoms with van der Waals surface area (Å²) in [5.74, 6) is 0.489. The lowest BCUT2D eigenvalue weighted by atomic mass is 10.1. The summed E-state index contributed by atoms with van der Waals surface area (Å²) in [6.45, 7) is 0.894. The van der Waals surface area contributed by atoms with Gasteiger partial charge in [-0.3, -0.25) is 4.79 Å². The number of nitrogens with one attached hydrogen (secondary N) is 1. The normalized spacial score (nSPS) is 27.9. The van der Waals surface area contributed by atoms with Crippen molar-refractivity contribution in [2.45, 2.75) is 25.8 Å². The predicted molar refractivity (Wildman–Crippen MR) is 64.3 cm³/mol. The third-order valence-corrected chi connectivity index (χ3v) is 4.11. The minimum Gasteiger partial charge on any atom is -0.476 e. The molecular formula is C12H16N4O3. The molecule has 1 aromatic rings. The maximum Gasteiger partial charge on any atom is 0.358 e. The molecule has 0 bridgehead atoms. The Kier molecular flexibility index (Phi) is 2.96. The van der Waals surface area contributed by atoms with E-state index in [1.54, 1.807) is 0 Å². The highest BCUT2D eigenvalue weighted by Crippen LogP contribution is 2.57. The molecule has 0 aliphatic heterocycles. The van der Waals surface area contributed by atoms with Crippen LogP contribution in [0, 0.1) is 17.8 Å². The quantitative estimate of drug-likeness (QED) is 0.788. The van der Waals surface area contributed by atoms with Gasteiger partial charge in [0.15, 0.2) is 5.69 Å². The third kappa shape index (κ3) is 2.32. The van der Waals surface area contributed by atoms with Gasteiger partial charge in [-0.2, -0.15) is 0 Å². The molecule has 0 radical (unpaired) electrons. The van der Waals surface area contributed by atoms with Gasteiger partial charge in [0.1, 0.15) is 0 Å². The molecule has 0 saturated heterocycles. The first kappa shape index (κ1) is 12.1. The number of carboxylic acid groups (broad SMARTS) is 1. The molecule has 0 spiro atoms. The molecule has 7 heteroatoms. The lowest BCUT2D eigenvalue weighted by Crippen LogP contribution is -2.30. The predicted octanol–water partition coefficient (Wildman–Crippen LogP) is 0.139. The molecule has 2 unspecified atom stereocenters. The fourth-order valence-corrected chi connectivity index (χ4v) is 3.13. The highest BCUT2D eigenvalue weighted by Gasteiger charge is 2.56. The summed E-state index contributed by atoms with van der Waals surface area (Å²) in [4.78, 5) is 22.5. The Morgan fingerprint density at radius 3 is 2.79 bits per heavy atom. The topological polar surface area (TPSA) is 97.1 Å². The van der Waals surface area contributed by atoms with Crippen LogP contribution in [0.5, 0.6) is 0 Å². The van der Waals surface area contributed by atoms with Gasteiger partial charge in [-0.25, -0.2) is 9.48 Å². The Bertz CT molecular complexity index is 503. The van der Waals surface area contributed by atoms with E-state index in [4.69, 9.17) is 5.11 Å². The monoisotopic (exact) mass is 264 g/mol. The van der Waals surface area contributed by atoms with Crippen LogP contribution in [0.2, 0.25) is 0 Å². The molecular weight excluding hydrogens is 248 g/mol. The highest BCUT2D eigenvalue weighted by molar-refractivity contribution is 5.84. The van der Waals surface area contributed by atoms with Gasteiger partial charge in [-0.1, -0.05) is 11.6 Å². The summed E-state index contributed by atoms with van der Waals surface area (Å²) >= 11 is 0. The first-order chi connectivity index (χ1) is 9.16. The Morgan fingerprint density at radius 2 is 2.16 bits per heavy atom. The average molecular weight is 264 g/mol. The van der Waals surface area contributed by atoms with E-state index in [9.17, 15) is 9.59 Å². The van der Waals surface area contributed by atoms with Gasteiger partial charge in [-0.05, 0) is 24.7 Å². The van der Waals surface area contributed by atoms with E-state index in [1.807, 2.05) is 0 Å². The second-order valence-corrected chi connectivity index (χ2v) is 5.25. The number of carbonyl (C=O) groups is 2.